The van der Waals surface area contributed by atoms with Crippen LogP contribution in [0.4, 0.5) is 4.79 Å². The number of hydrogen-bond donors (Lipinski definition) is 2. The number of ether oxygens (including phenoxy) is 1. The minimum absolute atomic E-state index is 0.0476. The Morgan fingerprint density at radius 1 is 1.28 bits per heavy atom. The van der Waals surface area contributed by atoms with Crippen LogP contribution in [-0.2, 0) is 9.53 Å². The van der Waals surface area contributed by atoms with Crippen molar-refractivity contribution in [3.05, 3.63) is 28.0 Å². The molecule has 1 fully saturated rings. The van der Waals surface area contributed by atoms with Crippen LogP contribution in [0.1, 0.15) is 43.0 Å². The van der Waals surface area contributed by atoms with Gasteiger partial charge in [-0.1, -0.05) is 43.0 Å². The fourth-order valence-electron chi connectivity index (χ4n) is 2.65. The first-order chi connectivity index (χ1) is 11.9. The maximum absolute atomic E-state index is 11.8. The number of nitrogens with zero attached hydrogens (tertiary/aromatic N) is 1. The summed E-state index contributed by atoms with van der Waals surface area (Å²) in [5.74, 6) is -1.14. The molecule has 2 N–H and O–H groups in total. The van der Waals surface area contributed by atoms with E-state index in [-0.39, 0.29) is 21.8 Å². The topological polar surface area (TPSA) is 97.4 Å². The Hall–Kier alpha value is -1.86. The van der Waals surface area contributed by atoms with E-state index in [4.69, 9.17) is 27.9 Å². The number of halogens is 2. The van der Waals surface area contributed by atoms with Crippen LogP contribution in [0.2, 0.25) is 10.2 Å². The lowest BCUT2D eigenvalue weighted by Crippen LogP contribution is -2.48. The van der Waals surface area contributed by atoms with Gasteiger partial charge in [0.15, 0.2) is 6.61 Å². The van der Waals surface area contributed by atoms with Crippen LogP contribution in [0.15, 0.2) is 12.3 Å². The van der Waals surface area contributed by atoms with Crippen molar-refractivity contribution in [1.29, 1.82) is 0 Å². The number of carbonyl (C=O) groups is 3. The molecule has 2 rings (SSSR count). The Bertz CT molecular complexity index is 669. The van der Waals surface area contributed by atoms with E-state index in [0.717, 1.165) is 25.7 Å². The molecule has 1 saturated carbocycles. The maximum Gasteiger partial charge on any atom is 0.340 e. The zero-order chi connectivity index (χ0) is 18.4. The van der Waals surface area contributed by atoms with Crippen molar-refractivity contribution < 1.29 is 19.1 Å². The summed E-state index contributed by atoms with van der Waals surface area (Å²) in [5, 5.41) is 5.08. The molecule has 0 radical (unpaired) electrons. The molecular weight excluding hydrogens is 369 g/mol. The Balaban J connectivity index is 1.76. The number of urea groups is 1. The van der Waals surface area contributed by atoms with Crippen molar-refractivity contribution >= 4 is 41.1 Å². The third-order valence-electron chi connectivity index (χ3n) is 4.05. The molecule has 1 aliphatic carbocycles. The molecule has 0 saturated heterocycles. The third-order valence-corrected chi connectivity index (χ3v) is 4.73. The average Bonchev–Trinajstić information content (AvgIpc) is 2.57. The highest BCUT2D eigenvalue weighted by molar-refractivity contribution is 6.41. The number of pyridine rings is 1. The van der Waals surface area contributed by atoms with Gasteiger partial charge in [-0.05, 0) is 24.8 Å². The van der Waals surface area contributed by atoms with E-state index in [9.17, 15) is 14.4 Å². The molecule has 0 aliphatic heterocycles. The minimum atomic E-state index is -0.789. The smallest absolute Gasteiger partial charge is 0.340 e. The summed E-state index contributed by atoms with van der Waals surface area (Å²) < 4.78 is 4.82. The molecule has 0 aromatic carbocycles. The van der Waals surface area contributed by atoms with Crippen LogP contribution >= 0.6 is 23.2 Å². The molecular formula is C16H19Cl2N3O4. The molecule has 2 atom stereocenters. The molecule has 25 heavy (non-hydrogen) atoms. The number of aromatic nitrogens is 1. The zero-order valence-electron chi connectivity index (χ0n) is 13.7. The van der Waals surface area contributed by atoms with Crippen molar-refractivity contribution in [2.45, 2.75) is 38.6 Å². The Labute approximate surface area is 155 Å². The number of esters is 1. The van der Waals surface area contributed by atoms with Crippen molar-refractivity contribution in [3.8, 4) is 0 Å². The highest BCUT2D eigenvalue weighted by Crippen LogP contribution is 2.23. The van der Waals surface area contributed by atoms with E-state index in [1.54, 1.807) is 0 Å². The van der Waals surface area contributed by atoms with Crippen LogP contribution in [0, 0.1) is 5.92 Å². The van der Waals surface area contributed by atoms with E-state index in [1.165, 1.54) is 12.3 Å². The Kier molecular flexibility index (Phi) is 7.01. The molecule has 0 spiro atoms. The lowest BCUT2D eigenvalue weighted by Gasteiger charge is -2.29. The first kappa shape index (κ1) is 19.5. The monoisotopic (exact) mass is 387 g/mol. The predicted octanol–water partition coefficient (Wildman–Crippen LogP) is 2.95. The molecule has 1 aliphatic rings. The normalized spacial score (nSPS) is 19.8. The molecule has 9 heteroatoms. The van der Waals surface area contributed by atoms with E-state index < -0.39 is 24.5 Å². The number of rotatable bonds is 4. The minimum Gasteiger partial charge on any atom is -0.452 e. The third kappa shape index (κ3) is 5.86. The van der Waals surface area contributed by atoms with Gasteiger partial charge in [-0.15, -0.1) is 0 Å². The van der Waals surface area contributed by atoms with E-state index in [0.29, 0.717) is 5.92 Å². The first-order valence-electron chi connectivity index (χ1n) is 7.95. The van der Waals surface area contributed by atoms with Gasteiger partial charge in [0, 0.05) is 12.2 Å². The highest BCUT2D eigenvalue weighted by Gasteiger charge is 2.23. The van der Waals surface area contributed by atoms with Crippen LogP contribution < -0.4 is 10.6 Å². The number of carbonyl (C=O) groups excluding carboxylic acids is 3. The van der Waals surface area contributed by atoms with Gasteiger partial charge in [-0.2, -0.15) is 0 Å². The SMILES string of the molecule is C[C@@H]1CCCC[C@H]1NC(=O)NC(=O)COC(=O)c1cnc(Cl)c(Cl)c1. The number of hydrogen-bond acceptors (Lipinski definition) is 5. The van der Waals surface area contributed by atoms with Crippen LogP contribution in [0.25, 0.3) is 0 Å². The summed E-state index contributed by atoms with van der Waals surface area (Å²) in [6.45, 7) is 1.48. The second-order valence-electron chi connectivity index (χ2n) is 5.96. The molecule has 0 unspecified atom stereocenters. The zero-order valence-corrected chi connectivity index (χ0v) is 15.2. The summed E-state index contributed by atoms with van der Waals surface area (Å²) in [4.78, 5) is 39.1. The standard InChI is InChI=1S/C16H19Cl2N3O4/c1-9-4-2-3-5-12(9)20-16(24)21-13(22)8-25-15(23)10-6-11(17)14(18)19-7-10/h6-7,9,12H,2-5,8H2,1H3,(H2,20,21,22,24)/t9-,12-/m1/s1. The van der Waals surface area contributed by atoms with E-state index in [1.807, 2.05) is 0 Å². The Morgan fingerprint density at radius 2 is 2.00 bits per heavy atom. The van der Waals surface area contributed by atoms with Crippen molar-refractivity contribution in [1.82, 2.24) is 15.6 Å². The Morgan fingerprint density at radius 3 is 2.68 bits per heavy atom. The summed E-state index contributed by atoms with van der Waals surface area (Å²) in [6, 6.07) is 0.747. The molecule has 1 heterocycles. The van der Waals surface area contributed by atoms with Crippen molar-refractivity contribution in [2.75, 3.05) is 6.61 Å². The predicted molar refractivity (Wildman–Crippen MR) is 92.6 cm³/mol. The maximum atomic E-state index is 11.8. The van der Waals surface area contributed by atoms with Crippen molar-refractivity contribution in [3.63, 3.8) is 0 Å². The second kappa shape index (κ2) is 9.01. The largest absolute Gasteiger partial charge is 0.452 e. The number of amides is 3. The summed E-state index contributed by atoms with van der Waals surface area (Å²) >= 11 is 11.4. The van der Waals surface area contributed by atoms with E-state index in [2.05, 4.69) is 22.5 Å². The number of nitrogens with one attached hydrogen (secondary N) is 2. The van der Waals surface area contributed by atoms with Crippen molar-refractivity contribution in [2.24, 2.45) is 5.92 Å². The first-order valence-corrected chi connectivity index (χ1v) is 8.71. The molecule has 0 bridgehead atoms. The van der Waals surface area contributed by atoms with Gasteiger partial charge >= 0.3 is 12.0 Å². The molecule has 136 valence electrons. The molecule has 3 amide bonds. The van der Waals surface area contributed by atoms with Crippen LogP contribution in [0.5, 0.6) is 0 Å². The van der Waals surface area contributed by atoms with Gasteiger partial charge in [-0.3, -0.25) is 10.1 Å². The fraction of sp³-hybridized carbons (Fsp3) is 0.500. The lowest BCUT2D eigenvalue weighted by molar-refractivity contribution is -0.123. The van der Waals surface area contributed by atoms with Gasteiger partial charge < -0.3 is 10.1 Å². The second-order valence-corrected chi connectivity index (χ2v) is 6.73. The fourth-order valence-corrected chi connectivity index (χ4v) is 2.91. The van der Waals surface area contributed by atoms with Gasteiger partial charge in [0.2, 0.25) is 0 Å². The van der Waals surface area contributed by atoms with Crippen LogP contribution in [-0.4, -0.2) is 35.5 Å². The molecule has 1 aromatic rings. The summed E-state index contributed by atoms with van der Waals surface area (Å²) in [7, 11) is 0. The van der Waals surface area contributed by atoms with Crippen LogP contribution in [0.3, 0.4) is 0 Å². The van der Waals surface area contributed by atoms with Gasteiger partial charge in [0.05, 0.1) is 10.6 Å². The average molecular weight is 388 g/mol. The highest BCUT2D eigenvalue weighted by atomic mass is 35.5. The van der Waals surface area contributed by atoms with E-state index >= 15 is 0 Å². The van der Waals surface area contributed by atoms with Gasteiger partial charge in [0.1, 0.15) is 5.15 Å². The summed E-state index contributed by atoms with van der Waals surface area (Å²) in [6.07, 6.45) is 5.33. The summed E-state index contributed by atoms with van der Waals surface area (Å²) in [5.41, 5.74) is 0.0580. The quantitative estimate of drug-likeness (QED) is 0.611. The lowest BCUT2D eigenvalue weighted by atomic mass is 9.86. The van der Waals surface area contributed by atoms with Gasteiger partial charge in [0.25, 0.3) is 5.91 Å². The van der Waals surface area contributed by atoms with Gasteiger partial charge in [-0.25, -0.2) is 14.6 Å². The molecule has 1 aromatic heterocycles. The number of imide groups is 1. The molecule has 7 nitrogen and oxygen atoms in total.